The Balaban J connectivity index is 2.79. The van der Waals surface area contributed by atoms with E-state index in [0.717, 1.165) is 12.8 Å². The lowest BCUT2D eigenvalue weighted by Gasteiger charge is -2.10. The first kappa shape index (κ1) is 16.1. The van der Waals surface area contributed by atoms with Gasteiger partial charge in [-0.3, -0.25) is 0 Å². The van der Waals surface area contributed by atoms with Crippen LogP contribution in [0.4, 0.5) is 0 Å². The van der Waals surface area contributed by atoms with Crippen LogP contribution in [0.3, 0.4) is 0 Å². The van der Waals surface area contributed by atoms with Crippen molar-refractivity contribution < 1.29 is 4.74 Å². The summed E-state index contributed by atoms with van der Waals surface area (Å²) < 4.78 is 5.54. The van der Waals surface area contributed by atoms with Crippen LogP contribution in [0, 0.1) is 11.3 Å². The number of ether oxygens (including phenoxy) is 1. The first-order chi connectivity index (χ1) is 9.62. The molecule has 1 unspecified atom stereocenters. The topological polar surface area (TPSA) is 84.8 Å². The van der Waals surface area contributed by atoms with Crippen molar-refractivity contribution in [3.05, 3.63) is 29.6 Å². The number of rotatable bonds is 7. The summed E-state index contributed by atoms with van der Waals surface area (Å²) in [6.07, 6.45) is 5.60. The molecule has 0 radical (unpaired) electrons. The first-order valence-corrected chi connectivity index (χ1v) is 6.81. The van der Waals surface area contributed by atoms with Gasteiger partial charge < -0.3 is 10.5 Å². The number of hydrogen-bond acceptors (Lipinski definition) is 5. The van der Waals surface area contributed by atoms with Crippen LogP contribution in [0.2, 0.25) is 0 Å². The molecule has 1 aromatic rings. The number of nitrogens with zero attached hydrogens (tertiary/aromatic N) is 3. The van der Waals surface area contributed by atoms with Crippen molar-refractivity contribution >= 4 is 17.2 Å². The number of nitrogens with two attached hydrogens (primary N) is 1. The maximum absolute atomic E-state index is 9.04. The first-order valence-electron chi connectivity index (χ1n) is 6.41. The van der Waals surface area contributed by atoms with Crippen LogP contribution in [0.15, 0.2) is 23.9 Å². The average Bonchev–Trinajstić information content (AvgIpc) is 2.44. The van der Waals surface area contributed by atoms with E-state index in [1.54, 1.807) is 6.07 Å². The van der Waals surface area contributed by atoms with E-state index in [0.29, 0.717) is 12.3 Å². The molecule has 2 N–H and O–H groups in total. The number of thiocarbonyl (C=S) groups is 1. The van der Waals surface area contributed by atoms with E-state index >= 15 is 0 Å². The minimum absolute atomic E-state index is 0.0947. The summed E-state index contributed by atoms with van der Waals surface area (Å²) in [7, 11) is 0. The van der Waals surface area contributed by atoms with Crippen LogP contribution in [-0.4, -0.2) is 21.6 Å². The highest BCUT2D eigenvalue weighted by Crippen LogP contribution is 2.15. The van der Waals surface area contributed by atoms with Crippen LogP contribution in [0.5, 0.6) is 6.01 Å². The lowest BCUT2D eigenvalue weighted by atomic mass is 10.1. The fraction of sp³-hybridized carbons (Fsp3) is 0.429. The summed E-state index contributed by atoms with van der Waals surface area (Å²) in [5.41, 5.74) is 7.16. The molecule has 106 valence electrons. The minimum Gasteiger partial charge on any atom is -0.459 e. The summed E-state index contributed by atoms with van der Waals surface area (Å²) in [5, 5.41) is 9.04. The van der Waals surface area contributed by atoms with Gasteiger partial charge in [-0.2, -0.15) is 10.2 Å². The largest absolute Gasteiger partial charge is 0.459 e. The van der Waals surface area contributed by atoms with E-state index in [-0.39, 0.29) is 11.0 Å². The predicted molar refractivity (Wildman–Crippen MR) is 81.3 cm³/mol. The number of hydrogen-bond donors (Lipinski definition) is 1. The van der Waals surface area contributed by atoms with Gasteiger partial charge in [0.15, 0.2) is 0 Å². The van der Waals surface area contributed by atoms with E-state index in [9.17, 15) is 0 Å². The summed E-state index contributed by atoms with van der Waals surface area (Å²) >= 11 is 4.85. The fourth-order valence-corrected chi connectivity index (χ4v) is 1.81. The lowest BCUT2D eigenvalue weighted by molar-refractivity contribution is 0.317. The van der Waals surface area contributed by atoms with Crippen molar-refractivity contribution in [2.24, 2.45) is 5.73 Å². The Labute approximate surface area is 124 Å². The highest BCUT2D eigenvalue weighted by molar-refractivity contribution is 7.80. The Bertz CT molecular complexity index is 536. The quantitative estimate of drug-likeness (QED) is 0.613. The molecule has 0 aliphatic heterocycles. The van der Waals surface area contributed by atoms with Gasteiger partial charge in [0.05, 0.1) is 16.8 Å². The van der Waals surface area contributed by atoms with Gasteiger partial charge in [0.2, 0.25) is 0 Å². The van der Waals surface area contributed by atoms with Gasteiger partial charge in [0.25, 0.3) is 0 Å². The number of nitriles is 1. The molecule has 0 bridgehead atoms. The van der Waals surface area contributed by atoms with Crippen LogP contribution in [-0.2, 0) is 0 Å². The van der Waals surface area contributed by atoms with Gasteiger partial charge in [0.1, 0.15) is 12.5 Å². The summed E-state index contributed by atoms with van der Waals surface area (Å²) in [6.45, 7) is 4.53. The standard InChI is InChI=1S/C14H18N4OS/c1-3-5-10(4-2)9-19-14-17-7-6-12(18-14)11(8-15)13(16)20/h4,6-7,11H,3,5,9H2,1-2H3,(H2,16,20). The molecular weight excluding hydrogens is 272 g/mol. The molecule has 0 fully saturated rings. The van der Waals surface area contributed by atoms with Crippen LogP contribution in [0.1, 0.15) is 38.3 Å². The Kier molecular flexibility index (Phi) is 6.60. The molecule has 0 spiro atoms. The Hall–Kier alpha value is -2.00. The van der Waals surface area contributed by atoms with E-state index in [2.05, 4.69) is 16.9 Å². The van der Waals surface area contributed by atoms with Gasteiger partial charge >= 0.3 is 6.01 Å². The Morgan fingerprint density at radius 1 is 1.65 bits per heavy atom. The maximum atomic E-state index is 9.04. The second-order valence-corrected chi connectivity index (χ2v) is 4.69. The molecule has 1 rings (SSSR count). The summed E-state index contributed by atoms with van der Waals surface area (Å²) in [5.74, 6) is -0.716. The van der Waals surface area contributed by atoms with Crippen LogP contribution < -0.4 is 10.5 Å². The van der Waals surface area contributed by atoms with Crippen molar-refractivity contribution in [3.63, 3.8) is 0 Å². The minimum atomic E-state index is -0.716. The van der Waals surface area contributed by atoms with Crippen LogP contribution in [0.25, 0.3) is 0 Å². The van der Waals surface area contributed by atoms with E-state index in [1.165, 1.54) is 11.8 Å². The average molecular weight is 290 g/mol. The van der Waals surface area contributed by atoms with Crippen molar-refractivity contribution in [2.75, 3.05) is 6.61 Å². The third-order valence-corrected chi connectivity index (χ3v) is 2.97. The van der Waals surface area contributed by atoms with Crippen molar-refractivity contribution in [2.45, 2.75) is 32.6 Å². The number of aromatic nitrogens is 2. The van der Waals surface area contributed by atoms with Crippen LogP contribution >= 0.6 is 12.2 Å². The molecule has 0 aliphatic rings. The smallest absolute Gasteiger partial charge is 0.316 e. The van der Waals surface area contributed by atoms with Crippen molar-refractivity contribution in [3.8, 4) is 12.1 Å². The highest BCUT2D eigenvalue weighted by atomic mass is 32.1. The van der Waals surface area contributed by atoms with Crippen molar-refractivity contribution in [1.82, 2.24) is 9.97 Å². The summed E-state index contributed by atoms with van der Waals surface area (Å²) in [6, 6.07) is 3.86. The lowest BCUT2D eigenvalue weighted by Crippen LogP contribution is -2.19. The highest BCUT2D eigenvalue weighted by Gasteiger charge is 2.16. The zero-order chi connectivity index (χ0) is 15.0. The molecule has 0 saturated heterocycles. The SMILES string of the molecule is CC=C(CCC)COc1nccc(C(C#N)C(N)=S)n1. The maximum Gasteiger partial charge on any atom is 0.316 e. The monoisotopic (exact) mass is 290 g/mol. The molecule has 1 atom stereocenters. The van der Waals surface area contributed by atoms with E-state index < -0.39 is 5.92 Å². The predicted octanol–water partition coefficient (Wildman–Crippen LogP) is 2.50. The van der Waals surface area contributed by atoms with Gasteiger partial charge in [-0.05, 0) is 25.0 Å². The molecule has 6 heteroatoms. The van der Waals surface area contributed by atoms with Gasteiger partial charge in [-0.1, -0.05) is 31.6 Å². The Morgan fingerprint density at radius 3 is 2.95 bits per heavy atom. The summed E-state index contributed by atoms with van der Waals surface area (Å²) in [4.78, 5) is 8.30. The molecule has 0 saturated carbocycles. The molecule has 0 aliphatic carbocycles. The van der Waals surface area contributed by atoms with Gasteiger partial charge in [0, 0.05) is 6.20 Å². The molecule has 0 aromatic carbocycles. The molecule has 1 aromatic heterocycles. The van der Waals surface area contributed by atoms with Crippen molar-refractivity contribution in [1.29, 1.82) is 5.26 Å². The normalized spacial score (nSPS) is 12.6. The fourth-order valence-electron chi connectivity index (χ4n) is 1.64. The van der Waals surface area contributed by atoms with E-state index in [1.807, 2.05) is 19.1 Å². The van der Waals surface area contributed by atoms with Gasteiger partial charge in [-0.15, -0.1) is 0 Å². The zero-order valence-electron chi connectivity index (χ0n) is 11.7. The third-order valence-electron chi connectivity index (χ3n) is 2.73. The third kappa shape index (κ3) is 4.59. The Morgan fingerprint density at radius 2 is 2.40 bits per heavy atom. The molecule has 1 heterocycles. The second kappa shape index (κ2) is 8.23. The number of allylic oxidation sites excluding steroid dienone is 1. The molecule has 0 amide bonds. The zero-order valence-corrected chi connectivity index (χ0v) is 12.5. The molecule has 20 heavy (non-hydrogen) atoms. The molecular formula is C14H18N4OS. The van der Waals surface area contributed by atoms with E-state index in [4.69, 9.17) is 28.0 Å². The van der Waals surface area contributed by atoms with Gasteiger partial charge in [-0.25, -0.2) is 4.98 Å². The molecule has 5 nitrogen and oxygen atoms in total. The second-order valence-electron chi connectivity index (χ2n) is 4.21.